The highest BCUT2D eigenvalue weighted by Crippen LogP contribution is 2.62. The molecule has 174 valence electrons. The van der Waals surface area contributed by atoms with Crippen LogP contribution >= 0.6 is 0 Å². The first-order valence-electron chi connectivity index (χ1n) is 12.9. The summed E-state index contributed by atoms with van der Waals surface area (Å²) >= 11 is 0. The summed E-state index contributed by atoms with van der Waals surface area (Å²) in [5.41, 5.74) is 1.81. The standard InChI is InChI=1S/C27H38N2O3/c1-26-10-5-11-27(18-31-27)24(26)14-21-22(25(30)32-23(21)15-26)16-28-20-8-12-29(13-9-20)17-19-6-3-2-4-7-19/h2-4,6-7,20-24,28H,5,8-18H2,1H3/t21-,22+,23-,24+,26-,27+/m1/s1. The third kappa shape index (κ3) is 3.80. The second-order valence-corrected chi connectivity index (χ2v) is 11.5. The number of fused-ring (bicyclic) bond motifs is 3. The quantitative estimate of drug-likeness (QED) is 0.560. The van der Waals surface area contributed by atoms with Gasteiger partial charge in [-0.1, -0.05) is 37.3 Å². The number of ether oxygens (including phenoxy) is 2. The molecule has 3 aliphatic heterocycles. The van der Waals surface area contributed by atoms with E-state index in [2.05, 4.69) is 47.5 Å². The lowest BCUT2D eigenvalue weighted by Gasteiger charge is -2.51. The first kappa shape index (κ1) is 21.1. The van der Waals surface area contributed by atoms with Gasteiger partial charge in [0.1, 0.15) is 6.10 Å². The first-order chi connectivity index (χ1) is 15.5. The minimum Gasteiger partial charge on any atom is -0.462 e. The zero-order valence-electron chi connectivity index (χ0n) is 19.4. The van der Waals surface area contributed by atoms with Crippen LogP contribution in [0, 0.1) is 23.2 Å². The van der Waals surface area contributed by atoms with Gasteiger partial charge in [0, 0.05) is 25.0 Å². The molecular formula is C27H38N2O3. The van der Waals surface area contributed by atoms with Crippen LogP contribution in [0.4, 0.5) is 0 Å². The topological polar surface area (TPSA) is 54.1 Å². The molecule has 0 amide bonds. The van der Waals surface area contributed by atoms with E-state index in [0.29, 0.717) is 17.9 Å². The number of carbonyl (C=O) groups is 1. The number of nitrogens with one attached hydrogen (secondary N) is 1. The number of hydrogen-bond donors (Lipinski definition) is 1. The average molecular weight is 439 g/mol. The molecule has 1 aromatic carbocycles. The molecule has 5 aliphatic rings. The Morgan fingerprint density at radius 3 is 2.69 bits per heavy atom. The Hall–Kier alpha value is -1.43. The molecule has 0 aromatic heterocycles. The SMILES string of the molecule is C[C@]12CCC[C@]3(CO3)[C@H]1C[C@@H]1[C@H](CNC3CCN(Cc4ccccc4)CC3)C(=O)O[C@@H]1C2. The number of esters is 1. The Labute approximate surface area is 192 Å². The summed E-state index contributed by atoms with van der Waals surface area (Å²) in [6.07, 6.45) is 8.30. The van der Waals surface area contributed by atoms with Gasteiger partial charge in [-0.05, 0) is 74.9 Å². The van der Waals surface area contributed by atoms with Crippen molar-refractivity contribution in [2.45, 2.75) is 76.2 Å². The van der Waals surface area contributed by atoms with Crippen LogP contribution in [0.5, 0.6) is 0 Å². The van der Waals surface area contributed by atoms with Gasteiger partial charge in [-0.2, -0.15) is 0 Å². The molecule has 2 aliphatic carbocycles. The fraction of sp³-hybridized carbons (Fsp3) is 0.741. The van der Waals surface area contributed by atoms with E-state index in [4.69, 9.17) is 9.47 Å². The predicted octanol–water partition coefficient (Wildman–Crippen LogP) is 3.77. The van der Waals surface area contributed by atoms with Gasteiger partial charge in [0.25, 0.3) is 0 Å². The maximum absolute atomic E-state index is 12.9. The normalized spacial score (nSPS) is 41.8. The minimum atomic E-state index is 0.0182. The molecule has 5 fully saturated rings. The molecule has 1 aromatic rings. The summed E-state index contributed by atoms with van der Waals surface area (Å²) in [5, 5.41) is 3.77. The second kappa shape index (κ2) is 8.11. The summed E-state index contributed by atoms with van der Waals surface area (Å²) in [6, 6.07) is 11.3. The Balaban J connectivity index is 1.04. The Bertz CT molecular complexity index is 833. The molecule has 2 saturated carbocycles. The van der Waals surface area contributed by atoms with Crippen molar-refractivity contribution in [3.05, 3.63) is 35.9 Å². The van der Waals surface area contributed by atoms with Gasteiger partial charge < -0.3 is 14.8 Å². The van der Waals surface area contributed by atoms with Gasteiger partial charge >= 0.3 is 5.97 Å². The lowest BCUT2D eigenvalue weighted by molar-refractivity contribution is -0.147. The van der Waals surface area contributed by atoms with Crippen molar-refractivity contribution in [3.63, 3.8) is 0 Å². The van der Waals surface area contributed by atoms with E-state index in [1.807, 2.05) is 0 Å². The molecule has 6 atom stereocenters. The number of hydrogen-bond acceptors (Lipinski definition) is 5. The molecule has 1 spiro atoms. The Morgan fingerprint density at radius 2 is 1.94 bits per heavy atom. The zero-order chi connectivity index (χ0) is 21.8. The molecule has 6 rings (SSSR count). The van der Waals surface area contributed by atoms with E-state index in [1.165, 1.54) is 24.8 Å². The molecule has 0 bridgehead atoms. The molecule has 5 heteroatoms. The predicted molar refractivity (Wildman–Crippen MR) is 123 cm³/mol. The average Bonchev–Trinajstić information content (AvgIpc) is 3.49. The number of epoxide rings is 1. The second-order valence-electron chi connectivity index (χ2n) is 11.5. The van der Waals surface area contributed by atoms with Crippen molar-refractivity contribution in [1.29, 1.82) is 0 Å². The van der Waals surface area contributed by atoms with Crippen LogP contribution in [0.1, 0.15) is 57.4 Å². The Kier molecular flexibility index (Phi) is 5.35. The number of piperidine rings is 1. The smallest absolute Gasteiger partial charge is 0.310 e. The summed E-state index contributed by atoms with van der Waals surface area (Å²) in [6.45, 7) is 7.42. The molecule has 32 heavy (non-hydrogen) atoms. The minimum absolute atomic E-state index is 0.0182. The number of benzene rings is 1. The first-order valence-corrected chi connectivity index (χ1v) is 12.9. The fourth-order valence-corrected chi connectivity index (χ4v) is 7.62. The van der Waals surface area contributed by atoms with Crippen LogP contribution in [-0.4, -0.2) is 54.9 Å². The van der Waals surface area contributed by atoms with Crippen LogP contribution in [0.15, 0.2) is 30.3 Å². The van der Waals surface area contributed by atoms with Crippen molar-refractivity contribution in [1.82, 2.24) is 10.2 Å². The van der Waals surface area contributed by atoms with Gasteiger partial charge in [0.05, 0.1) is 18.1 Å². The van der Waals surface area contributed by atoms with Gasteiger partial charge in [0.2, 0.25) is 0 Å². The van der Waals surface area contributed by atoms with E-state index in [1.54, 1.807) is 0 Å². The van der Waals surface area contributed by atoms with Gasteiger partial charge in [0.15, 0.2) is 0 Å². The van der Waals surface area contributed by atoms with Gasteiger partial charge in [-0.3, -0.25) is 9.69 Å². The van der Waals surface area contributed by atoms with E-state index < -0.39 is 0 Å². The van der Waals surface area contributed by atoms with Crippen LogP contribution in [-0.2, 0) is 20.8 Å². The third-order valence-electron chi connectivity index (χ3n) is 9.54. The highest BCUT2D eigenvalue weighted by molar-refractivity contribution is 5.75. The van der Waals surface area contributed by atoms with E-state index in [-0.39, 0.29) is 29.0 Å². The van der Waals surface area contributed by atoms with E-state index in [0.717, 1.165) is 58.5 Å². The summed E-state index contributed by atoms with van der Waals surface area (Å²) in [5.74, 6) is 1.03. The molecule has 3 heterocycles. The monoisotopic (exact) mass is 438 g/mol. The Morgan fingerprint density at radius 1 is 1.16 bits per heavy atom. The van der Waals surface area contributed by atoms with Crippen molar-refractivity contribution >= 4 is 5.97 Å². The summed E-state index contributed by atoms with van der Waals surface area (Å²) in [4.78, 5) is 15.4. The number of rotatable bonds is 5. The van der Waals surface area contributed by atoms with E-state index >= 15 is 0 Å². The van der Waals surface area contributed by atoms with Crippen molar-refractivity contribution in [3.8, 4) is 0 Å². The van der Waals surface area contributed by atoms with Gasteiger partial charge in [-0.15, -0.1) is 0 Å². The van der Waals surface area contributed by atoms with Crippen molar-refractivity contribution < 1.29 is 14.3 Å². The van der Waals surface area contributed by atoms with Crippen molar-refractivity contribution in [2.75, 3.05) is 26.2 Å². The zero-order valence-corrected chi connectivity index (χ0v) is 19.4. The molecular weight excluding hydrogens is 400 g/mol. The molecule has 0 unspecified atom stereocenters. The maximum atomic E-state index is 12.9. The highest BCUT2D eigenvalue weighted by atomic mass is 16.6. The highest BCUT2D eigenvalue weighted by Gasteiger charge is 2.65. The molecule has 0 radical (unpaired) electrons. The fourth-order valence-electron chi connectivity index (χ4n) is 7.62. The summed E-state index contributed by atoms with van der Waals surface area (Å²) in [7, 11) is 0. The molecule has 5 nitrogen and oxygen atoms in total. The number of likely N-dealkylation sites (tertiary alicyclic amines) is 1. The number of carbonyl (C=O) groups excluding carboxylic acids is 1. The van der Waals surface area contributed by atoms with Crippen LogP contribution in [0.25, 0.3) is 0 Å². The lowest BCUT2D eigenvalue weighted by atomic mass is 9.53. The lowest BCUT2D eigenvalue weighted by Crippen LogP contribution is -2.51. The van der Waals surface area contributed by atoms with Crippen molar-refractivity contribution in [2.24, 2.45) is 23.2 Å². The van der Waals surface area contributed by atoms with Crippen LogP contribution < -0.4 is 5.32 Å². The van der Waals surface area contributed by atoms with Crippen LogP contribution in [0.3, 0.4) is 0 Å². The molecule has 1 N–H and O–H groups in total. The van der Waals surface area contributed by atoms with Gasteiger partial charge in [-0.25, -0.2) is 0 Å². The number of nitrogens with zero attached hydrogens (tertiary/aromatic N) is 1. The molecule has 3 saturated heterocycles. The van der Waals surface area contributed by atoms with E-state index in [9.17, 15) is 4.79 Å². The third-order valence-corrected chi connectivity index (χ3v) is 9.54. The largest absolute Gasteiger partial charge is 0.462 e. The van der Waals surface area contributed by atoms with Crippen LogP contribution in [0.2, 0.25) is 0 Å². The summed E-state index contributed by atoms with van der Waals surface area (Å²) < 4.78 is 12.0. The maximum Gasteiger partial charge on any atom is 0.310 e.